The number of nitro benzene ring substituents is 2. The molecule has 0 N–H and O–H groups in total. The van der Waals surface area contributed by atoms with E-state index in [2.05, 4.69) is 19.1 Å². The maximum absolute atomic E-state index is 12.1. The molecule has 0 heterocycles. The fourth-order valence-electron chi connectivity index (χ4n) is 4.16. The average Bonchev–Trinajstić information content (AvgIpc) is 2.83. The summed E-state index contributed by atoms with van der Waals surface area (Å²) in [5.41, 5.74) is 0.0277. The van der Waals surface area contributed by atoms with Crippen molar-refractivity contribution in [2.24, 2.45) is 5.92 Å². The third-order valence-electron chi connectivity index (χ3n) is 6.13. The summed E-state index contributed by atoms with van der Waals surface area (Å²) in [5.74, 6) is 1.36. The number of non-ortho nitro benzene ring substituents is 2. The number of rotatable bonds is 10. The van der Waals surface area contributed by atoms with Crippen LogP contribution in [0, 0.1) is 26.1 Å². The molecule has 0 saturated heterocycles. The smallest absolute Gasteiger partial charge is 0.338 e. The van der Waals surface area contributed by atoms with Gasteiger partial charge in [-0.25, -0.2) is 4.79 Å². The first-order chi connectivity index (χ1) is 15.9. The van der Waals surface area contributed by atoms with Crippen molar-refractivity contribution in [3.63, 3.8) is 0 Å². The van der Waals surface area contributed by atoms with Gasteiger partial charge in [-0.05, 0) is 55.2 Å². The van der Waals surface area contributed by atoms with E-state index in [1.165, 1.54) is 37.7 Å². The van der Waals surface area contributed by atoms with Crippen LogP contribution < -0.4 is 4.74 Å². The Morgan fingerprint density at radius 2 is 1.55 bits per heavy atom. The van der Waals surface area contributed by atoms with Gasteiger partial charge < -0.3 is 9.47 Å². The Kier molecular flexibility index (Phi) is 8.34. The van der Waals surface area contributed by atoms with Gasteiger partial charge in [-0.15, -0.1) is 0 Å². The largest absolute Gasteiger partial charge is 0.493 e. The molecule has 0 unspecified atom stereocenters. The molecule has 2 aromatic carbocycles. The molecule has 1 saturated carbocycles. The van der Waals surface area contributed by atoms with E-state index in [4.69, 9.17) is 9.47 Å². The summed E-state index contributed by atoms with van der Waals surface area (Å²) in [6, 6.07) is 10.9. The summed E-state index contributed by atoms with van der Waals surface area (Å²) in [6.07, 6.45) is 6.73. The highest BCUT2D eigenvalue weighted by Gasteiger charge is 2.22. The summed E-state index contributed by atoms with van der Waals surface area (Å²) < 4.78 is 10.8. The summed E-state index contributed by atoms with van der Waals surface area (Å²) in [7, 11) is 0. The van der Waals surface area contributed by atoms with Crippen LogP contribution in [0.5, 0.6) is 5.75 Å². The van der Waals surface area contributed by atoms with Gasteiger partial charge in [0.2, 0.25) is 0 Å². The van der Waals surface area contributed by atoms with Crippen molar-refractivity contribution < 1.29 is 24.1 Å². The van der Waals surface area contributed by atoms with Gasteiger partial charge in [-0.1, -0.05) is 25.5 Å². The van der Waals surface area contributed by atoms with E-state index in [0.29, 0.717) is 18.9 Å². The molecule has 1 aliphatic carbocycles. The lowest BCUT2D eigenvalue weighted by atomic mass is 9.78. The standard InChI is InChI=1S/C24H28N2O7/c1-2-17-4-6-18(7-5-17)19-8-10-23(11-9-19)32-12-3-13-33-24(27)20-14-21(25(28)29)16-22(15-20)26(30)31/h8-11,14-18H,2-7,12-13H2,1H3/t17-,18-. The Labute approximate surface area is 192 Å². The summed E-state index contributed by atoms with van der Waals surface area (Å²) in [5, 5.41) is 21.9. The van der Waals surface area contributed by atoms with Crippen molar-refractivity contribution in [3.05, 3.63) is 73.8 Å². The highest BCUT2D eigenvalue weighted by atomic mass is 16.6. The van der Waals surface area contributed by atoms with Gasteiger partial charge in [0.25, 0.3) is 11.4 Å². The van der Waals surface area contributed by atoms with Gasteiger partial charge in [0.15, 0.2) is 0 Å². The van der Waals surface area contributed by atoms with Crippen molar-refractivity contribution >= 4 is 17.3 Å². The van der Waals surface area contributed by atoms with Gasteiger partial charge >= 0.3 is 5.97 Å². The Bertz CT molecular complexity index is 951. The van der Waals surface area contributed by atoms with E-state index >= 15 is 0 Å². The topological polar surface area (TPSA) is 122 Å². The number of hydrogen-bond acceptors (Lipinski definition) is 7. The minimum atomic E-state index is -0.857. The molecule has 0 radical (unpaired) electrons. The number of esters is 1. The number of ether oxygens (including phenoxy) is 2. The first-order valence-electron chi connectivity index (χ1n) is 11.2. The molecule has 0 atom stereocenters. The van der Waals surface area contributed by atoms with Crippen LogP contribution in [0.15, 0.2) is 42.5 Å². The summed E-state index contributed by atoms with van der Waals surface area (Å²) >= 11 is 0. The Morgan fingerprint density at radius 1 is 0.939 bits per heavy atom. The van der Waals surface area contributed by atoms with Crippen molar-refractivity contribution in [1.29, 1.82) is 0 Å². The van der Waals surface area contributed by atoms with Crippen LogP contribution in [0.25, 0.3) is 0 Å². The van der Waals surface area contributed by atoms with E-state index in [1.54, 1.807) is 0 Å². The van der Waals surface area contributed by atoms with Gasteiger partial charge in [-0.3, -0.25) is 20.2 Å². The van der Waals surface area contributed by atoms with Crippen molar-refractivity contribution in [2.75, 3.05) is 13.2 Å². The second-order valence-electron chi connectivity index (χ2n) is 8.29. The lowest BCUT2D eigenvalue weighted by molar-refractivity contribution is -0.394. The van der Waals surface area contributed by atoms with E-state index in [1.807, 2.05) is 12.1 Å². The first-order valence-corrected chi connectivity index (χ1v) is 11.2. The maximum Gasteiger partial charge on any atom is 0.338 e. The summed E-state index contributed by atoms with van der Waals surface area (Å²) in [6.45, 7) is 2.61. The number of nitrogens with zero attached hydrogens (tertiary/aromatic N) is 2. The second kappa shape index (κ2) is 11.4. The molecule has 3 rings (SSSR count). The van der Waals surface area contributed by atoms with Crippen LogP contribution in [0.1, 0.15) is 67.3 Å². The summed E-state index contributed by atoms with van der Waals surface area (Å²) in [4.78, 5) is 32.4. The molecule has 176 valence electrons. The fourth-order valence-corrected chi connectivity index (χ4v) is 4.16. The Hall–Kier alpha value is -3.49. The van der Waals surface area contributed by atoms with Crippen molar-refractivity contribution in [1.82, 2.24) is 0 Å². The predicted molar refractivity (Wildman–Crippen MR) is 122 cm³/mol. The highest BCUT2D eigenvalue weighted by Crippen LogP contribution is 2.37. The van der Waals surface area contributed by atoms with Gasteiger partial charge in [0.1, 0.15) is 5.75 Å². The van der Waals surface area contributed by atoms with E-state index < -0.39 is 27.2 Å². The maximum atomic E-state index is 12.1. The number of carbonyl (C=O) groups is 1. The molecule has 33 heavy (non-hydrogen) atoms. The number of nitro groups is 2. The predicted octanol–water partition coefficient (Wildman–Crippen LogP) is 5.81. The third-order valence-corrected chi connectivity index (χ3v) is 6.13. The molecule has 0 aromatic heterocycles. The SMILES string of the molecule is CC[C@H]1CC[C@H](c2ccc(OCCCOC(=O)c3cc([N+](=O)[O-])cc([N+](=O)[O-])c3)cc2)CC1. The monoisotopic (exact) mass is 456 g/mol. The second-order valence-corrected chi connectivity index (χ2v) is 8.29. The number of carbonyl (C=O) groups excluding carboxylic acids is 1. The molecule has 2 aromatic rings. The molecular weight excluding hydrogens is 428 g/mol. The minimum Gasteiger partial charge on any atom is -0.493 e. The Morgan fingerprint density at radius 3 is 2.09 bits per heavy atom. The number of hydrogen-bond donors (Lipinski definition) is 0. The van der Waals surface area contributed by atoms with Crippen LogP contribution >= 0.6 is 0 Å². The van der Waals surface area contributed by atoms with E-state index in [-0.39, 0.29) is 12.2 Å². The lowest BCUT2D eigenvalue weighted by Crippen LogP contribution is -2.12. The fraction of sp³-hybridized carbons (Fsp3) is 0.458. The van der Waals surface area contributed by atoms with Crippen LogP contribution in [-0.4, -0.2) is 29.0 Å². The van der Waals surface area contributed by atoms with Crippen LogP contribution in [0.4, 0.5) is 11.4 Å². The molecule has 9 heteroatoms. The van der Waals surface area contributed by atoms with Gasteiger partial charge in [0.05, 0.1) is 34.7 Å². The van der Waals surface area contributed by atoms with Crippen molar-refractivity contribution in [3.8, 4) is 5.75 Å². The Balaban J connectivity index is 1.43. The zero-order chi connectivity index (χ0) is 23.8. The van der Waals surface area contributed by atoms with E-state index in [9.17, 15) is 25.0 Å². The quantitative estimate of drug-likeness (QED) is 0.191. The number of benzene rings is 2. The molecule has 0 amide bonds. The normalized spacial score (nSPS) is 17.8. The molecule has 1 aliphatic rings. The zero-order valence-electron chi connectivity index (χ0n) is 18.6. The minimum absolute atomic E-state index is 0.0219. The lowest BCUT2D eigenvalue weighted by Gasteiger charge is -2.28. The molecule has 0 aliphatic heterocycles. The van der Waals surface area contributed by atoms with Gasteiger partial charge in [-0.2, -0.15) is 0 Å². The molecule has 9 nitrogen and oxygen atoms in total. The third kappa shape index (κ3) is 6.74. The highest BCUT2D eigenvalue weighted by molar-refractivity contribution is 5.91. The van der Waals surface area contributed by atoms with Crippen LogP contribution in [-0.2, 0) is 4.74 Å². The van der Waals surface area contributed by atoms with Crippen molar-refractivity contribution in [2.45, 2.75) is 51.4 Å². The van der Waals surface area contributed by atoms with Crippen LogP contribution in [0.2, 0.25) is 0 Å². The van der Waals surface area contributed by atoms with Crippen LogP contribution in [0.3, 0.4) is 0 Å². The molecular formula is C24H28N2O7. The average molecular weight is 456 g/mol. The zero-order valence-corrected chi connectivity index (χ0v) is 18.6. The molecule has 0 bridgehead atoms. The molecule has 0 spiro atoms. The van der Waals surface area contributed by atoms with E-state index in [0.717, 1.165) is 29.9 Å². The van der Waals surface area contributed by atoms with Gasteiger partial charge in [0, 0.05) is 18.6 Å². The first kappa shape index (κ1) is 24.2. The molecule has 1 fully saturated rings.